The number of halogens is 1. The van der Waals surface area contributed by atoms with E-state index >= 15 is 0 Å². The number of benzene rings is 2. The van der Waals surface area contributed by atoms with Crippen molar-refractivity contribution < 1.29 is 19.4 Å². The quantitative estimate of drug-likeness (QED) is 0.397. The molecular weight excluding hydrogens is 456 g/mol. The van der Waals surface area contributed by atoms with Crippen LogP contribution in [0.2, 0.25) is 0 Å². The molecule has 1 saturated heterocycles. The van der Waals surface area contributed by atoms with Crippen molar-refractivity contribution in [2.45, 2.75) is 20.8 Å². The Morgan fingerprint density at radius 1 is 1.24 bits per heavy atom. The lowest BCUT2D eigenvalue weighted by atomic mass is 10.0. The van der Waals surface area contributed by atoms with Crippen LogP contribution < -0.4 is 15.0 Å². The lowest BCUT2D eigenvalue weighted by Gasteiger charge is -2.30. The number of hydrogen-bond acceptors (Lipinski definition) is 5. The first-order valence-corrected chi connectivity index (χ1v) is 10.1. The molecule has 0 saturated carbocycles. The van der Waals surface area contributed by atoms with Gasteiger partial charge in [0.25, 0.3) is 11.8 Å². The Morgan fingerprint density at radius 3 is 2.62 bits per heavy atom. The Kier molecular flexibility index (Phi) is 6.04. The topological polar surface area (TPSA) is 78.9 Å². The van der Waals surface area contributed by atoms with Gasteiger partial charge in [-0.05, 0) is 68.4 Å². The van der Waals surface area contributed by atoms with Gasteiger partial charge in [0.05, 0.1) is 12.3 Å². The summed E-state index contributed by atoms with van der Waals surface area (Å²) in [6.07, 6.45) is 1.45. The number of rotatable bonds is 4. The largest absolute Gasteiger partial charge is 0.504 e. The van der Waals surface area contributed by atoms with E-state index in [0.717, 1.165) is 11.1 Å². The third kappa shape index (κ3) is 4.18. The first-order valence-electron chi connectivity index (χ1n) is 8.87. The first-order chi connectivity index (χ1) is 13.7. The number of amides is 2. The third-order valence-electron chi connectivity index (χ3n) is 4.37. The SMILES string of the molecule is CCOc1cc(C=C2C(=O)NC(=S)N(c3ccc(C)cc3C)C2=O)c(Br)cc1O. The van der Waals surface area contributed by atoms with E-state index in [9.17, 15) is 14.7 Å². The Balaban J connectivity index is 2.07. The predicted octanol–water partition coefficient (Wildman–Crippen LogP) is 4.00. The van der Waals surface area contributed by atoms with E-state index in [0.29, 0.717) is 22.3 Å². The summed E-state index contributed by atoms with van der Waals surface area (Å²) in [5.74, 6) is -0.894. The Bertz CT molecular complexity index is 1060. The maximum Gasteiger partial charge on any atom is 0.270 e. The van der Waals surface area contributed by atoms with Gasteiger partial charge in [-0.1, -0.05) is 33.6 Å². The molecule has 0 radical (unpaired) electrons. The van der Waals surface area contributed by atoms with Crippen molar-refractivity contribution in [2.24, 2.45) is 0 Å². The van der Waals surface area contributed by atoms with E-state index in [-0.39, 0.29) is 22.2 Å². The molecule has 0 bridgehead atoms. The highest BCUT2D eigenvalue weighted by Gasteiger charge is 2.35. The van der Waals surface area contributed by atoms with Gasteiger partial charge in [0.1, 0.15) is 5.57 Å². The van der Waals surface area contributed by atoms with Crippen LogP contribution in [0.15, 0.2) is 40.4 Å². The van der Waals surface area contributed by atoms with Gasteiger partial charge in [0, 0.05) is 4.47 Å². The molecule has 0 aromatic heterocycles. The van der Waals surface area contributed by atoms with Gasteiger partial charge in [0.2, 0.25) is 0 Å². The summed E-state index contributed by atoms with van der Waals surface area (Å²) in [5, 5.41) is 12.6. The molecule has 0 unspecified atom stereocenters. The van der Waals surface area contributed by atoms with Crippen LogP contribution in [0.25, 0.3) is 6.08 Å². The summed E-state index contributed by atoms with van der Waals surface area (Å²) >= 11 is 8.60. The molecule has 1 aliphatic rings. The molecule has 0 aliphatic carbocycles. The number of phenols is 1. The molecule has 2 aromatic rings. The van der Waals surface area contributed by atoms with Crippen molar-refractivity contribution in [1.29, 1.82) is 0 Å². The zero-order chi connectivity index (χ0) is 21.3. The van der Waals surface area contributed by atoms with Crippen LogP contribution >= 0.6 is 28.1 Å². The van der Waals surface area contributed by atoms with E-state index < -0.39 is 11.8 Å². The van der Waals surface area contributed by atoms with Gasteiger partial charge >= 0.3 is 0 Å². The van der Waals surface area contributed by atoms with E-state index in [1.165, 1.54) is 17.0 Å². The maximum absolute atomic E-state index is 13.2. The highest BCUT2D eigenvalue weighted by Crippen LogP contribution is 2.34. The minimum atomic E-state index is -0.584. The molecule has 0 atom stereocenters. The van der Waals surface area contributed by atoms with Crippen LogP contribution in [0, 0.1) is 13.8 Å². The van der Waals surface area contributed by atoms with Crippen molar-refractivity contribution in [3.63, 3.8) is 0 Å². The van der Waals surface area contributed by atoms with Crippen LogP contribution in [0.5, 0.6) is 11.5 Å². The van der Waals surface area contributed by atoms with E-state index in [1.54, 1.807) is 19.1 Å². The summed E-state index contributed by atoms with van der Waals surface area (Å²) in [5.41, 5.74) is 2.96. The molecule has 0 spiro atoms. The molecule has 1 fully saturated rings. The van der Waals surface area contributed by atoms with Crippen molar-refractivity contribution in [2.75, 3.05) is 11.5 Å². The molecule has 2 amide bonds. The fraction of sp³-hybridized carbons (Fsp3) is 0.190. The second-order valence-corrected chi connectivity index (χ2v) is 7.76. The molecule has 8 heteroatoms. The molecular formula is C21H19BrN2O4S. The van der Waals surface area contributed by atoms with Gasteiger partial charge in [-0.3, -0.25) is 19.8 Å². The molecule has 2 aromatic carbocycles. The van der Waals surface area contributed by atoms with Crippen molar-refractivity contribution in [3.8, 4) is 11.5 Å². The zero-order valence-electron chi connectivity index (χ0n) is 16.1. The summed E-state index contributed by atoms with van der Waals surface area (Å²) in [6.45, 7) is 5.99. The standard InChI is InChI=1S/C21H19BrN2O4S/c1-4-28-18-9-13(15(22)10-17(18)25)8-14-19(26)23-21(29)24(20(14)27)16-6-5-11(2)7-12(16)3/h5-10,25H,4H2,1-3H3,(H,23,26,29). The van der Waals surface area contributed by atoms with Crippen LogP contribution in [0.1, 0.15) is 23.6 Å². The monoisotopic (exact) mass is 474 g/mol. The van der Waals surface area contributed by atoms with Crippen LogP contribution in [-0.4, -0.2) is 28.6 Å². The number of hydrogen-bond donors (Lipinski definition) is 2. The first kappa shape index (κ1) is 21.0. The molecule has 3 rings (SSSR count). The van der Waals surface area contributed by atoms with E-state index in [1.807, 2.05) is 26.0 Å². The molecule has 150 valence electrons. The second kappa shape index (κ2) is 8.34. The van der Waals surface area contributed by atoms with E-state index in [2.05, 4.69) is 21.2 Å². The average molecular weight is 475 g/mol. The molecule has 6 nitrogen and oxygen atoms in total. The number of phenolic OH excluding ortho intramolecular Hbond substituents is 1. The number of ether oxygens (including phenoxy) is 1. The predicted molar refractivity (Wildman–Crippen MR) is 119 cm³/mol. The summed E-state index contributed by atoms with van der Waals surface area (Å²) in [7, 11) is 0. The Morgan fingerprint density at radius 2 is 1.97 bits per heavy atom. The van der Waals surface area contributed by atoms with Crippen LogP contribution in [0.4, 0.5) is 5.69 Å². The number of carbonyl (C=O) groups is 2. The highest BCUT2D eigenvalue weighted by molar-refractivity contribution is 9.10. The summed E-state index contributed by atoms with van der Waals surface area (Å²) < 4.78 is 5.90. The molecule has 1 aliphatic heterocycles. The zero-order valence-corrected chi connectivity index (χ0v) is 18.5. The average Bonchev–Trinajstić information content (AvgIpc) is 2.63. The van der Waals surface area contributed by atoms with Gasteiger partial charge in [-0.2, -0.15) is 0 Å². The van der Waals surface area contributed by atoms with E-state index in [4.69, 9.17) is 17.0 Å². The molecule has 2 N–H and O–H groups in total. The fourth-order valence-corrected chi connectivity index (χ4v) is 3.75. The lowest BCUT2D eigenvalue weighted by molar-refractivity contribution is -0.122. The number of anilines is 1. The van der Waals surface area contributed by atoms with Gasteiger partial charge < -0.3 is 9.84 Å². The van der Waals surface area contributed by atoms with Crippen molar-refractivity contribution >= 4 is 56.8 Å². The minimum absolute atomic E-state index is 0.0314. The summed E-state index contributed by atoms with van der Waals surface area (Å²) in [4.78, 5) is 27.0. The van der Waals surface area contributed by atoms with Gasteiger partial charge in [-0.25, -0.2) is 0 Å². The number of carbonyl (C=O) groups excluding carboxylic acids is 2. The number of nitrogens with zero attached hydrogens (tertiary/aromatic N) is 1. The maximum atomic E-state index is 13.2. The number of aromatic hydroxyl groups is 1. The molecule has 1 heterocycles. The third-order valence-corrected chi connectivity index (χ3v) is 5.34. The van der Waals surface area contributed by atoms with Crippen molar-refractivity contribution in [1.82, 2.24) is 5.32 Å². The van der Waals surface area contributed by atoms with Crippen LogP contribution in [-0.2, 0) is 9.59 Å². The second-order valence-electron chi connectivity index (χ2n) is 6.52. The Hall–Kier alpha value is -2.71. The van der Waals surface area contributed by atoms with Gasteiger partial charge in [0.15, 0.2) is 16.6 Å². The lowest BCUT2D eigenvalue weighted by Crippen LogP contribution is -2.54. The number of aryl methyl sites for hydroxylation is 2. The number of thiocarbonyl (C=S) groups is 1. The highest BCUT2D eigenvalue weighted by atomic mass is 79.9. The summed E-state index contributed by atoms with van der Waals surface area (Å²) in [6, 6.07) is 8.63. The smallest absolute Gasteiger partial charge is 0.270 e. The minimum Gasteiger partial charge on any atom is -0.504 e. The van der Waals surface area contributed by atoms with Gasteiger partial charge in [-0.15, -0.1) is 0 Å². The van der Waals surface area contributed by atoms with Crippen molar-refractivity contribution in [3.05, 3.63) is 57.1 Å². The normalized spacial score (nSPS) is 15.7. The fourth-order valence-electron chi connectivity index (χ4n) is 3.03. The Labute approximate surface area is 182 Å². The van der Waals surface area contributed by atoms with Crippen LogP contribution in [0.3, 0.4) is 0 Å². The number of nitrogens with one attached hydrogen (secondary N) is 1. The molecule has 29 heavy (non-hydrogen) atoms.